The number of quaternary nitrogens is 1. The average molecular weight is 418 g/mol. The van der Waals surface area contributed by atoms with Crippen LogP contribution in [0.4, 0.5) is 0 Å². The second kappa shape index (κ2) is 8.78. The number of carbonyl (C=O) groups excluding carboxylic acids is 2. The van der Waals surface area contributed by atoms with Crippen molar-refractivity contribution < 1.29 is 26.5 Å². The van der Waals surface area contributed by atoms with Crippen molar-refractivity contribution in [1.29, 1.82) is 0 Å². The number of rotatable bonds is 6. The van der Waals surface area contributed by atoms with Crippen LogP contribution in [0.1, 0.15) is 23.2 Å². The molecule has 0 aliphatic carbocycles. The molecule has 0 aromatic heterocycles. The Morgan fingerprint density at radius 2 is 0.967 bits per heavy atom. The molecule has 30 heavy (non-hydrogen) atoms. The van der Waals surface area contributed by atoms with Gasteiger partial charge in [0.15, 0.2) is 24.7 Å². The molecule has 0 bridgehead atoms. The molecule has 4 aromatic carbocycles. The Bertz CT molecular complexity index is 1100. The number of fused-ring (bicyclic) bond motifs is 2. The minimum absolute atomic E-state index is 0. The molecule has 0 radical (unpaired) electrons. The number of likely N-dealkylation sites (N-methyl/N-ethyl adjacent to an activating group) is 1. The Labute approximate surface area is 182 Å². The summed E-state index contributed by atoms with van der Waals surface area (Å²) in [5, 5.41) is 4.26. The van der Waals surface area contributed by atoms with Gasteiger partial charge in [-0.2, -0.15) is 0 Å². The number of hydrogen-bond donors (Lipinski definition) is 0. The molecular formula is C26H24ClNO2. The van der Waals surface area contributed by atoms with E-state index >= 15 is 0 Å². The number of aldehydes is 2. The van der Waals surface area contributed by atoms with Gasteiger partial charge in [0, 0.05) is 11.1 Å². The molecular weight excluding hydrogens is 394 g/mol. The summed E-state index contributed by atoms with van der Waals surface area (Å²) < 4.78 is 0.217. The maximum Gasteiger partial charge on any atom is 0.182 e. The summed E-state index contributed by atoms with van der Waals surface area (Å²) in [7, 11) is 3.92. The highest BCUT2D eigenvalue weighted by Crippen LogP contribution is 2.38. The van der Waals surface area contributed by atoms with Crippen molar-refractivity contribution in [3.8, 4) is 0 Å². The molecule has 0 heterocycles. The zero-order valence-electron chi connectivity index (χ0n) is 17.0. The summed E-state index contributed by atoms with van der Waals surface area (Å²) in [6.07, 6.45) is 1.95. The van der Waals surface area contributed by atoms with Crippen LogP contribution in [0.5, 0.6) is 0 Å². The Hall–Kier alpha value is -3.01. The summed E-state index contributed by atoms with van der Waals surface area (Å²) in [5.74, 6) is 0. The van der Waals surface area contributed by atoms with Gasteiger partial charge < -0.3 is 16.9 Å². The van der Waals surface area contributed by atoms with Crippen LogP contribution in [-0.2, 0) is 9.59 Å². The van der Waals surface area contributed by atoms with Gasteiger partial charge in [0.1, 0.15) is 0 Å². The monoisotopic (exact) mass is 417 g/mol. The first-order chi connectivity index (χ1) is 14.1. The molecule has 0 aliphatic rings. The molecule has 4 aromatic rings. The van der Waals surface area contributed by atoms with Crippen LogP contribution in [0.15, 0.2) is 84.9 Å². The topological polar surface area (TPSA) is 34.1 Å². The van der Waals surface area contributed by atoms with E-state index < -0.39 is 12.1 Å². The van der Waals surface area contributed by atoms with Gasteiger partial charge >= 0.3 is 0 Å². The molecule has 4 heteroatoms. The molecule has 2 unspecified atom stereocenters. The van der Waals surface area contributed by atoms with Gasteiger partial charge in [-0.15, -0.1) is 0 Å². The molecule has 0 aliphatic heterocycles. The number of halogens is 1. The summed E-state index contributed by atoms with van der Waals surface area (Å²) in [6, 6.07) is 27.2. The number of benzene rings is 4. The van der Waals surface area contributed by atoms with Crippen LogP contribution < -0.4 is 12.4 Å². The lowest BCUT2D eigenvalue weighted by Gasteiger charge is -2.40. The lowest BCUT2D eigenvalue weighted by Crippen LogP contribution is -3.00. The molecule has 0 spiro atoms. The first kappa shape index (κ1) is 21.7. The molecule has 3 nitrogen and oxygen atoms in total. The fourth-order valence-electron chi connectivity index (χ4n) is 4.37. The maximum atomic E-state index is 12.4. The first-order valence-electron chi connectivity index (χ1n) is 9.77. The smallest absolute Gasteiger partial charge is 0.182 e. The minimum Gasteiger partial charge on any atom is -1.00 e. The van der Waals surface area contributed by atoms with Crippen molar-refractivity contribution >= 4 is 34.1 Å². The largest absolute Gasteiger partial charge is 1.00 e. The third kappa shape index (κ3) is 3.62. The van der Waals surface area contributed by atoms with Crippen LogP contribution in [0, 0.1) is 0 Å². The van der Waals surface area contributed by atoms with Gasteiger partial charge in [0.25, 0.3) is 0 Å². The normalized spacial score (nSPS) is 13.4. The number of nitrogens with zero attached hydrogens (tertiary/aromatic N) is 1. The van der Waals surface area contributed by atoms with Crippen LogP contribution in [0.2, 0.25) is 0 Å². The van der Waals surface area contributed by atoms with E-state index in [1.165, 1.54) is 0 Å². The predicted molar refractivity (Wildman–Crippen MR) is 118 cm³/mol. The fraction of sp³-hybridized carbons (Fsp3) is 0.154. The molecule has 0 saturated heterocycles. The van der Waals surface area contributed by atoms with Crippen molar-refractivity contribution in [3.63, 3.8) is 0 Å². The lowest BCUT2D eigenvalue weighted by molar-refractivity contribution is -0.930. The third-order valence-corrected chi connectivity index (χ3v) is 5.98. The van der Waals surface area contributed by atoms with Gasteiger partial charge in [-0.3, -0.25) is 9.59 Å². The van der Waals surface area contributed by atoms with E-state index in [4.69, 9.17) is 0 Å². The first-order valence-corrected chi connectivity index (χ1v) is 9.77. The van der Waals surface area contributed by atoms with Crippen molar-refractivity contribution in [1.82, 2.24) is 0 Å². The molecule has 2 atom stereocenters. The Morgan fingerprint density at radius 3 is 1.37 bits per heavy atom. The number of hydrogen-bond acceptors (Lipinski definition) is 2. The van der Waals surface area contributed by atoms with Crippen molar-refractivity contribution in [2.75, 3.05) is 14.1 Å². The Morgan fingerprint density at radius 1 is 0.600 bits per heavy atom. The standard InChI is InChI=1S/C26H24NO2.ClH/c1-27(2,25(17-28)23-15-7-11-19-9-3-5-13-21(19)23)26(18-29)24-16-8-12-20-10-4-6-14-22(20)24;/h3-18,25-26H,1-2H3;1H/q+1;/p-1. The van der Waals surface area contributed by atoms with Crippen LogP contribution >= 0.6 is 0 Å². The fourth-order valence-corrected chi connectivity index (χ4v) is 4.37. The predicted octanol–water partition coefficient (Wildman–Crippen LogP) is 2.25. The van der Waals surface area contributed by atoms with Crippen molar-refractivity contribution in [3.05, 3.63) is 96.1 Å². The molecule has 0 N–H and O–H groups in total. The highest BCUT2D eigenvalue weighted by molar-refractivity contribution is 5.89. The summed E-state index contributed by atoms with van der Waals surface area (Å²) in [6.45, 7) is 0. The van der Waals surface area contributed by atoms with Crippen molar-refractivity contribution in [2.45, 2.75) is 12.1 Å². The van der Waals surface area contributed by atoms with E-state index in [-0.39, 0.29) is 16.9 Å². The zero-order chi connectivity index (χ0) is 20.4. The second-order valence-corrected chi connectivity index (χ2v) is 7.93. The number of carbonyl (C=O) groups is 2. The Kier molecular flexibility index (Phi) is 6.35. The molecule has 4 rings (SSSR count). The van der Waals surface area contributed by atoms with Gasteiger partial charge in [-0.25, -0.2) is 0 Å². The lowest BCUT2D eigenvalue weighted by atomic mass is 9.92. The van der Waals surface area contributed by atoms with E-state index in [2.05, 4.69) is 0 Å². The third-order valence-electron chi connectivity index (χ3n) is 5.98. The van der Waals surface area contributed by atoms with E-state index in [1.54, 1.807) is 0 Å². The van der Waals surface area contributed by atoms with Crippen LogP contribution in [0.25, 0.3) is 21.5 Å². The molecule has 0 saturated carbocycles. The van der Waals surface area contributed by atoms with Gasteiger partial charge in [-0.05, 0) is 21.5 Å². The summed E-state index contributed by atoms with van der Waals surface area (Å²) in [5.41, 5.74) is 1.88. The van der Waals surface area contributed by atoms with Gasteiger partial charge in [0.05, 0.1) is 14.1 Å². The summed E-state index contributed by atoms with van der Waals surface area (Å²) in [4.78, 5) is 24.8. The molecule has 0 fully saturated rings. The SMILES string of the molecule is C[N+](C)(C(C=O)c1cccc2ccccc12)C(C=O)c1cccc2ccccc12.[Cl-]. The summed E-state index contributed by atoms with van der Waals surface area (Å²) >= 11 is 0. The van der Waals surface area contributed by atoms with E-state index in [1.807, 2.05) is 99.0 Å². The quantitative estimate of drug-likeness (QED) is 0.356. The van der Waals surface area contributed by atoms with E-state index in [0.29, 0.717) is 0 Å². The molecule has 152 valence electrons. The second-order valence-electron chi connectivity index (χ2n) is 7.93. The van der Waals surface area contributed by atoms with E-state index in [9.17, 15) is 9.59 Å². The Balaban J connectivity index is 0.00000256. The highest BCUT2D eigenvalue weighted by Gasteiger charge is 2.39. The van der Waals surface area contributed by atoms with Crippen LogP contribution in [0.3, 0.4) is 0 Å². The van der Waals surface area contributed by atoms with Gasteiger partial charge in [-0.1, -0.05) is 84.9 Å². The van der Waals surface area contributed by atoms with Crippen LogP contribution in [-0.4, -0.2) is 31.2 Å². The minimum atomic E-state index is -0.477. The highest BCUT2D eigenvalue weighted by atomic mass is 35.5. The maximum absolute atomic E-state index is 12.4. The molecule has 0 amide bonds. The van der Waals surface area contributed by atoms with E-state index in [0.717, 1.165) is 45.2 Å². The zero-order valence-corrected chi connectivity index (χ0v) is 17.8. The van der Waals surface area contributed by atoms with Gasteiger partial charge in [0.2, 0.25) is 0 Å². The average Bonchev–Trinajstić information content (AvgIpc) is 2.75. The van der Waals surface area contributed by atoms with Crippen molar-refractivity contribution in [2.24, 2.45) is 0 Å².